The summed E-state index contributed by atoms with van der Waals surface area (Å²) in [6, 6.07) is 7.32. The summed E-state index contributed by atoms with van der Waals surface area (Å²) in [7, 11) is 0. The van der Waals surface area contributed by atoms with Crippen LogP contribution in [0.15, 0.2) is 30.3 Å². The molecule has 0 radical (unpaired) electrons. The Labute approximate surface area is 97.3 Å². The van der Waals surface area contributed by atoms with Gasteiger partial charge in [-0.1, -0.05) is 25.5 Å². The van der Waals surface area contributed by atoms with Gasteiger partial charge in [0, 0.05) is 11.1 Å². The van der Waals surface area contributed by atoms with Crippen molar-refractivity contribution in [2.45, 2.75) is 25.9 Å². The minimum Gasteiger partial charge on any atom is -0.253 e. The summed E-state index contributed by atoms with van der Waals surface area (Å²) < 4.78 is 37.6. The Kier molecular flexibility index (Phi) is 3.05. The van der Waals surface area contributed by atoms with Crippen molar-refractivity contribution in [2.24, 2.45) is 0 Å². The van der Waals surface area contributed by atoms with E-state index in [4.69, 9.17) is 0 Å². The Balaban J connectivity index is 2.51. The van der Waals surface area contributed by atoms with E-state index in [2.05, 4.69) is 4.98 Å². The molecule has 90 valence electrons. The second-order valence-corrected chi connectivity index (χ2v) is 3.96. The summed E-state index contributed by atoms with van der Waals surface area (Å²) in [5, 5.41) is 0.734. The molecule has 0 aliphatic rings. The number of hydrogen-bond acceptors (Lipinski definition) is 1. The maximum atomic E-state index is 12.5. The summed E-state index contributed by atoms with van der Waals surface area (Å²) >= 11 is 0. The Hall–Kier alpha value is -1.58. The van der Waals surface area contributed by atoms with Crippen molar-refractivity contribution in [3.8, 4) is 0 Å². The molecule has 1 heterocycles. The zero-order valence-corrected chi connectivity index (χ0v) is 9.38. The fourth-order valence-electron chi connectivity index (χ4n) is 1.73. The maximum absolute atomic E-state index is 12.5. The number of benzene rings is 1. The van der Waals surface area contributed by atoms with Crippen LogP contribution in [0.5, 0.6) is 0 Å². The van der Waals surface area contributed by atoms with E-state index >= 15 is 0 Å². The number of fused-ring (bicyclic) bond motifs is 1. The standard InChI is InChI=1S/C13H12F3N/c1-2-3-11-7-5-9-4-6-10(13(14,15)16)8-12(9)17-11/h4-8H,2-3H2,1H3. The lowest BCUT2D eigenvalue weighted by Gasteiger charge is -2.08. The predicted octanol–water partition coefficient (Wildman–Crippen LogP) is 4.21. The van der Waals surface area contributed by atoms with Crippen molar-refractivity contribution < 1.29 is 13.2 Å². The molecule has 0 amide bonds. The smallest absolute Gasteiger partial charge is 0.253 e. The molecule has 1 aromatic carbocycles. The fraction of sp³-hybridized carbons (Fsp3) is 0.308. The van der Waals surface area contributed by atoms with Crippen LogP contribution in [-0.4, -0.2) is 4.98 Å². The molecule has 0 bridgehead atoms. The van der Waals surface area contributed by atoms with Crippen molar-refractivity contribution in [1.82, 2.24) is 4.98 Å². The highest BCUT2D eigenvalue weighted by molar-refractivity contribution is 5.79. The second kappa shape index (κ2) is 4.35. The van der Waals surface area contributed by atoms with Crippen LogP contribution >= 0.6 is 0 Å². The number of alkyl halides is 3. The van der Waals surface area contributed by atoms with Crippen molar-refractivity contribution in [3.05, 3.63) is 41.6 Å². The summed E-state index contributed by atoms with van der Waals surface area (Å²) in [5.74, 6) is 0. The summed E-state index contributed by atoms with van der Waals surface area (Å²) in [4.78, 5) is 4.24. The van der Waals surface area contributed by atoms with E-state index in [1.165, 1.54) is 6.07 Å². The van der Waals surface area contributed by atoms with Crippen LogP contribution in [0.1, 0.15) is 24.6 Å². The van der Waals surface area contributed by atoms with Crippen molar-refractivity contribution in [3.63, 3.8) is 0 Å². The Morgan fingerprint density at radius 3 is 2.47 bits per heavy atom. The molecule has 0 unspecified atom stereocenters. The van der Waals surface area contributed by atoms with Gasteiger partial charge < -0.3 is 0 Å². The number of pyridine rings is 1. The zero-order valence-electron chi connectivity index (χ0n) is 9.38. The molecule has 2 aromatic rings. The van der Waals surface area contributed by atoms with E-state index in [1.807, 2.05) is 19.1 Å². The van der Waals surface area contributed by atoms with Gasteiger partial charge in [-0.3, -0.25) is 4.98 Å². The molecule has 0 atom stereocenters. The van der Waals surface area contributed by atoms with Gasteiger partial charge in [0.25, 0.3) is 0 Å². The predicted molar refractivity (Wildman–Crippen MR) is 60.7 cm³/mol. The number of halogens is 3. The molecule has 0 N–H and O–H groups in total. The van der Waals surface area contributed by atoms with Gasteiger partial charge in [0.15, 0.2) is 0 Å². The molecule has 0 aliphatic carbocycles. The Bertz CT molecular complexity index is 532. The largest absolute Gasteiger partial charge is 0.416 e. The molecule has 0 spiro atoms. The van der Waals surface area contributed by atoms with Gasteiger partial charge >= 0.3 is 6.18 Å². The van der Waals surface area contributed by atoms with Crippen LogP contribution < -0.4 is 0 Å². The lowest BCUT2D eigenvalue weighted by atomic mass is 10.1. The van der Waals surface area contributed by atoms with Gasteiger partial charge in [-0.2, -0.15) is 13.2 Å². The summed E-state index contributed by atoms with van der Waals surface area (Å²) in [6.45, 7) is 2.01. The van der Waals surface area contributed by atoms with Gasteiger partial charge in [-0.25, -0.2) is 0 Å². The van der Waals surface area contributed by atoms with E-state index < -0.39 is 11.7 Å². The average Bonchev–Trinajstić information content (AvgIpc) is 2.27. The van der Waals surface area contributed by atoms with Crippen molar-refractivity contribution in [2.75, 3.05) is 0 Å². The summed E-state index contributed by atoms with van der Waals surface area (Å²) in [5.41, 5.74) is 0.594. The van der Waals surface area contributed by atoms with E-state index in [-0.39, 0.29) is 0 Å². The van der Waals surface area contributed by atoms with Crippen LogP contribution in [0.2, 0.25) is 0 Å². The maximum Gasteiger partial charge on any atom is 0.416 e. The van der Waals surface area contributed by atoms with Gasteiger partial charge in [-0.15, -0.1) is 0 Å². The van der Waals surface area contributed by atoms with Gasteiger partial charge in [0.2, 0.25) is 0 Å². The molecule has 0 fully saturated rings. The first-order chi connectivity index (χ1) is 8.00. The first-order valence-corrected chi connectivity index (χ1v) is 5.47. The number of nitrogens with zero attached hydrogens (tertiary/aromatic N) is 1. The first-order valence-electron chi connectivity index (χ1n) is 5.47. The fourth-order valence-corrected chi connectivity index (χ4v) is 1.73. The minimum atomic E-state index is -4.31. The van der Waals surface area contributed by atoms with Crippen LogP contribution in [0.4, 0.5) is 13.2 Å². The molecular formula is C13H12F3N. The van der Waals surface area contributed by atoms with E-state index in [0.717, 1.165) is 36.1 Å². The van der Waals surface area contributed by atoms with E-state index in [0.29, 0.717) is 5.52 Å². The molecule has 1 aromatic heterocycles. The zero-order chi connectivity index (χ0) is 12.5. The highest BCUT2D eigenvalue weighted by Gasteiger charge is 2.30. The van der Waals surface area contributed by atoms with Crippen LogP contribution in [0, 0.1) is 0 Å². The third-order valence-electron chi connectivity index (χ3n) is 2.58. The number of aromatic nitrogens is 1. The summed E-state index contributed by atoms with van der Waals surface area (Å²) in [6.07, 6.45) is -2.60. The first kappa shape index (κ1) is 11.9. The Morgan fingerprint density at radius 2 is 1.82 bits per heavy atom. The molecule has 0 saturated carbocycles. The molecule has 0 aliphatic heterocycles. The highest BCUT2D eigenvalue weighted by Crippen LogP contribution is 2.30. The lowest BCUT2D eigenvalue weighted by molar-refractivity contribution is -0.137. The van der Waals surface area contributed by atoms with Crippen molar-refractivity contribution in [1.29, 1.82) is 0 Å². The van der Waals surface area contributed by atoms with Gasteiger partial charge in [0.05, 0.1) is 11.1 Å². The normalized spacial score (nSPS) is 12.0. The highest BCUT2D eigenvalue weighted by atomic mass is 19.4. The topological polar surface area (TPSA) is 12.9 Å². The number of aryl methyl sites for hydroxylation is 1. The third kappa shape index (κ3) is 2.57. The molecule has 2 rings (SSSR count). The number of rotatable bonds is 2. The average molecular weight is 239 g/mol. The SMILES string of the molecule is CCCc1ccc2ccc(C(F)(F)F)cc2n1. The van der Waals surface area contributed by atoms with Crippen LogP contribution in [0.3, 0.4) is 0 Å². The van der Waals surface area contributed by atoms with Crippen LogP contribution in [0.25, 0.3) is 10.9 Å². The minimum absolute atomic E-state index is 0.408. The Morgan fingerprint density at radius 1 is 1.12 bits per heavy atom. The van der Waals surface area contributed by atoms with Gasteiger partial charge in [0.1, 0.15) is 0 Å². The third-order valence-corrected chi connectivity index (χ3v) is 2.58. The van der Waals surface area contributed by atoms with Crippen molar-refractivity contribution >= 4 is 10.9 Å². The second-order valence-electron chi connectivity index (χ2n) is 3.96. The van der Waals surface area contributed by atoms with E-state index in [1.54, 1.807) is 0 Å². The molecule has 4 heteroatoms. The number of hydrogen-bond donors (Lipinski definition) is 0. The monoisotopic (exact) mass is 239 g/mol. The molecule has 17 heavy (non-hydrogen) atoms. The molecular weight excluding hydrogens is 227 g/mol. The molecule has 0 saturated heterocycles. The van der Waals surface area contributed by atoms with Gasteiger partial charge in [-0.05, 0) is 24.6 Å². The lowest BCUT2D eigenvalue weighted by Crippen LogP contribution is -2.04. The van der Waals surface area contributed by atoms with Crippen LogP contribution in [-0.2, 0) is 12.6 Å². The molecule has 1 nitrogen and oxygen atoms in total. The quantitative estimate of drug-likeness (QED) is 0.765. The van der Waals surface area contributed by atoms with E-state index in [9.17, 15) is 13.2 Å².